The Hall–Kier alpha value is -0.690. The van der Waals surface area contributed by atoms with Gasteiger partial charge in [-0.25, -0.2) is 0 Å². The lowest BCUT2D eigenvalue weighted by atomic mass is 10.0. The topological polar surface area (TPSA) is 79.8 Å². The minimum atomic E-state index is -0.905. The van der Waals surface area contributed by atoms with Crippen molar-refractivity contribution in [3.05, 3.63) is 0 Å². The number of rotatable bonds is 5. The van der Waals surface area contributed by atoms with Crippen LogP contribution in [0.1, 0.15) is 13.3 Å². The third kappa shape index (κ3) is 3.38. The molecule has 2 aliphatic heterocycles. The summed E-state index contributed by atoms with van der Waals surface area (Å²) < 4.78 is 10.6. The predicted octanol–water partition coefficient (Wildman–Crippen LogP) is -1.37. The van der Waals surface area contributed by atoms with Gasteiger partial charge in [0.15, 0.2) is 0 Å². The van der Waals surface area contributed by atoms with Gasteiger partial charge in [0.25, 0.3) is 0 Å². The Morgan fingerprint density at radius 3 is 2.88 bits per heavy atom. The zero-order valence-electron chi connectivity index (χ0n) is 10.1. The monoisotopic (exact) mass is 244 g/mol. The molecule has 1 atom stereocenters. The lowest BCUT2D eigenvalue weighted by molar-refractivity contribution is -0.137. The highest BCUT2D eigenvalue weighted by Crippen LogP contribution is 2.17. The molecule has 2 heterocycles. The van der Waals surface area contributed by atoms with Crippen molar-refractivity contribution in [2.45, 2.75) is 24.5 Å². The number of ether oxygens (including phenoxy) is 2. The van der Waals surface area contributed by atoms with Crippen molar-refractivity contribution in [2.24, 2.45) is 0 Å². The van der Waals surface area contributed by atoms with E-state index in [9.17, 15) is 9.90 Å². The van der Waals surface area contributed by atoms with Gasteiger partial charge in [0, 0.05) is 32.7 Å². The molecule has 0 saturated carbocycles. The third-order valence-electron chi connectivity index (χ3n) is 3.25. The maximum atomic E-state index is 11.5. The Balaban J connectivity index is 1.63. The molecule has 6 nitrogen and oxygen atoms in total. The standard InChI is InChI=1S/C11H20N2O4/c1-10(5-12-6-10)17-4-9(14)13-7-11(15)2-3-16-8-11/h12,15H,2-8H2,1H3,(H,13,14). The lowest BCUT2D eigenvalue weighted by Crippen LogP contribution is -2.59. The Bertz CT molecular complexity index is 285. The molecule has 0 aromatic carbocycles. The van der Waals surface area contributed by atoms with Crippen LogP contribution in [0.5, 0.6) is 0 Å². The molecular formula is C11H20N2O4. The number of nitrogens with one attached hydrogen (secondary N) is 2. The van der Waals surface area contributed by atoms with E-state index >= 15 is 0 Å². The molecule has 6 heteroatoms. The largest absolute Gasteiger partial charge is 0.386 e. The summed E-state index contributed by atoms with van der Waals surface area (Å²) >= 11 is 0. The van der Waals surface area contributed by atoms with E-state index < -0.39 is 5.60 Å². The SMILES string of the molecule is CC1(OCC(=O)NCC2(O)CCOC2)CNC1. The molecule has 0 radical (unpaired) electrons. The highest BCUT2D eigenvalue weighted by atomic mass is 16.5. The minimum absolute atomic E-state index is 0.0368. The van der Waals surface area contributed by atoms with Crippen LogP contribution in [0.15, 0.2) is 0 Å². The van der Waals surface area contributed by atoms with Crippen molar-refractivity contribution in [1.82, 2.24) is 10.6 Å². The van der Waals surface area contributed by atoms with Gasteiger partial charge in [-0.3, -0.25) is 4.79 Å². The van der Waals surface area contributed by atoms with Crippen LogP contribution in [0.3, 0.4) is 0 Å². The van der Waals surface area contributed by atoms with Crippen molar-refractivity contribution in [3.63, 3.8) is 0 Å². The lowest BCUT2D eigenvalue weighted by Gasteiger charge is -2.38. The van der Waals surface area contributed by atoms with Crippen molar-refractivity contribution >= 4 is 5.91 Å². The summed E-state index contributed by atoms with van der Waals surface area (Å²) in [6.45, 7) is 4.62. The molecule has 2 saturated heterocycles. The fourth-order valence-corrected chi connectivity index (χ4v) is 1.87. The molecule has 0 bridgehead atoms. The summed E-state index contributed by atoms with van der Waals surface area (Å²) in [5, 5.41) is 15.7. The van der Waals surface area contributed by atoms with E-state index in [0.717, 1.165) is 13.1 Å². The van der Waals surface area contributed by atoms with E-state index in [1.54, 1.807) is 0 Å². The van der Waals surface area contributed by atoms with Crippen LogP contribution >= 0.6 is 0 Å². The second-order valence-corrected chi connectivity index (χ2v) is 5.15. The zero-order valence-corrected chi connectivity index (χ0v) is 10.1. The maximum absolute atomic E-state index is 11.5. The van der Waals surface area contributed by atoms with Gasteiger partial charge >= 0.3 is 0 Å². The second-order valence-electron chi connectivity index (χ2n) is 5.15. The number of hydrogen-bond donors (Lipinski definition) is 3. The predicted molar refractivity (Wildman–Crippen MR) is 60.6 cm³/mol. The Morgan fingerprint density at radius 1 is 1.59 bits per heavy atom. The summed E-state index contributed by atoms with van der Waals surface area (Å²) in [6.07, 6.45) is 0.565. The molecule has 17 heavy (non-hydrogen) atoms. The molecule has 3 N–H and O–H groups in total. The van der Waals surface area contributed by atoms with Crippen LogP contribution in [0.2, 0.25) is 0 Å². The fourth-order valence-electron chi connectivity index (χ4n) is 1.87. The molecule has 1 unspecified atom stereocenters. The van der Waals surface area contributed by atoms with E-state index in [0.29, 0.717) is 13.0 Å². The highest BCUT2D eigenvalue weighted by molar-refractivity contribution is 5.77. The maximum Gasteiger partial charge on any atom is 0.246 e. The molecule has 0 aliphatic carbocycles. The fraction of sp³-hybridized carbons (Fsp3) is 0.909. The van der Waals surface area contributed by atoms with E-state index in [4.69, 9.17) is 9.47 Å². The summed E-state index contributed by atoms with van der Waals surface area (Å²) in [5.74, 6) is -0.196. The van der Waals surface area contributed by atoms with Gasteiger partial charge in [0.2, 0.25) is 5.91 Å². The van der Waals surface area contributed by atoms with E-state index in [1.807, 2.05) is 6.92 Å². The summed E-state index contributed by atoms with van der Waals surface area (Å²) in [7, 11) is 0. The van der Waals surface area contributed by atoms with Crippen molar-refractivity contribution in [3.8, 4) is 0 Å². The quantitative estimate of drug-likeness (QED) is 0.556. The van der Waals surface area contributed by atoms with Gasteiger partial charge in [0.1, 0.15) is 12.2 Å². The molecular weight excluding hydrogens is 224 g/mol. The normalized spacial score (nSPS) is 30.9. The molecule has 2 fully saturated rings. The molecule has 0 spiro atoms. The van der Waals surface area contributed by atoms with Gasteiger partial charge in [-0.1, -0.05) is 0 Å². The second kappa shape index (κ2) is 4.89. The summed E-state index contributed by atoms with van der Waals surface area (Å²) in [5.41, 5.74) is -1.12. The number of carbonyl (C=O) groups is 1. The first-order valence-electron chi connectivity index (χ1n) is 5.93. The van der Waals surface area contributed by atoms with Crippen LogP contribution in [0, 0.1) is 0 Å². The zero-order chi connectivity index (χ0) is 12.4. The van der Waals surface area contributed by atoms with Crippen LogP contribution < -0.4 is 10.6 Å². The average Bonchev–Trinajstić information content (AvgIpc) is 2.69. The van der Waals surface area contributed by atoms with Gasteiger partial charge in [-0.15, -0.1) is 0 Å². The van der Waals surface area contributed by atoms with Crippen molar-refractivity contribution in [1.29, 1.82) is 0 Å². The smallest absolute Gasteiger partial charge is 0.246 e. The number of aliphatic hydroxyl groups is 1. The first kappa shape index (κ1) is 12.8. The number of carbonyl (C=O) groups excluding carboxylic acids is 1. The van der Waals surface area contributed by atoms with Gasteiger partial charge in [-0.05, 0) is 6.92 Å². The van der Waals surface area contributed by atoms with Gasteiger partial charge in [-0.2, -0.15) is 0 Å². The summed E-state index contributed by atoms with van der Waals surface area (Å²) in [4.78, 5) is 11.5. The van der Waals surface area contributed by atoms with Crippen LogP contribution in [0.4, 0.5) is 0 Å². The molecule has 0 aromatic heterocycles. The van der Waals surface area contributed by atoms with Gasteiger partial charge < -0.3 is 25.2 Å². The van der Waals surface area contributed by atoms with Crippen molar-refractivity contribution < 1.29 is 19.4 Å². The van der Waals surface area contributed by atoms with E-state index in [2.05, 4.69) is 10.6 Å². The van der Waals surface area contributed by atoms with E-state index in [-0.39, 0.29) is 31.3 Å². The number of amides is 1. The first-order valence-corrected chi connectivity index (χ1v) is 5.93. The summed E-state index contributed by atoms with van der Waals surface area (Å²) in [6, 6.07) is 0. The van der Waals surface area contributed by atoms with Crippen LogP contribution in [0.25, 0.3) is 0 Å². The highest BCUT2D eigenvalue weighted by Gasteiger charge is 2.34. The van der Waals surface area contributed by atoms with E-state index in [1.165, 1.54) is 0 Å². The molecule has 2 aliphatic rings. The third-order valence-corrected chi connectivity index (χ3v) is 3.25. The Kier molecular flexibility index (Phi) is 3.67. The van der Waals surface area contributed by atoms with Crippen molar-refractivity contribution in [2.75, 3.05) is 39.5 Å². The van der Waals surface area contributed by atoms with Gasteiger partial charge in [0.05, 0.1) is 12.2 Å². The first-order chi connectivity index (χ1) is 8.02. The average molecular weight is 244 g/mol. The van der Waals surface area contributed by atoms with Crippen LogP contribution in [-0.2, 0) is 14.3 Å². The minimum Gasteiger partial charge on any atom is -0.386 e. The Morgan fingerprint density at radius 2 is 2.35 bits per heavy atom. The molecule has 98 valence electrons. The Labute approximate surface area is 101 Å². The molecule has 0 aromatic rings. The van der Waals surface area contributed by atoms with Crippen LogP contribution in [-0.4, -0.2) is 61.7 Å². The molecule has 1 amide bonds. The molecule has 2 rings (SSSR count). The number of hydrogen-bond acceptors (Lipinski definition) is 5.